The second-order valence-corrected chi connectivity index (χ2v) is 6.31. The Kier molecular flexibility index (Phi) is 4.09. The molecule has 122 valence electrons. The summed E-state index contributed by atoms with van der Waals surface area (Å²) in [6.45, 7) is 4.49. The fraction of sp³-hybridized carbons (Fsp3) is 0.412. The molecule has 23 heavy (non-hydrogen) atoms. The predicted molar refractivity (Wildman–Crippen MR) is 87.2 cm³/mol. The molecule has 0 bridgehead atoms. The number of H-pyrrole nitrogens is 1. The molecule has 3 N–H and O–H groups in total. The van der Waals surface area contributed by atoms with E-state index in [1.165, 1.54) is 0 Å². The largest absolute Gasteiger partial charge is 0.373 e. The first-order chi connectivity index (χ1) is 11.0. The van der Waals surface area contributed by atoms with Crippen molar-refractivity contribution in [1.82, 2.24) is 15.6 Å². The Morgan fingerprint density at radius 2 is 2.13 bits per heavy atom. The van der Waals surface area contributed by atoms with Gasteiger partial charge in [0.15, 0.2) is 0 Å². The zero-order chi connectivity index (χ0) is 16.4. The van der Waals surface area contributed by atoms with Crippen LogP contribution in [-0.4, -0.2) is 41.6 Å². The van der Waals surface area contributed by atoms with Crippen molar-refractivity contribution in [3.05, 3.63) is 36.0 Å². The standard InChI is InChI=1S/C17H21N3O3/c1-17(2)14(7-8-23-17)20-15(21)10-18-16(22)13-9-11-5-3-4-6-12(11)19-13/h3-6,9,14,19H,7-8,10H2,1-2H3,(H,18,22)(H,20,21). The van der Waals surface area contributed by atoms with E-state index in [1.807, 2.05) is 38.1 Å². The van der Waals surface area contributed by atoms with Gasteiger partial charge >= 0.3 is 0 Å². The van der Waals surface area contributed by atoms with Crippen molar-refractivity contribution in [2.45, 2.75) is 31.9 Å². The molecule has 1 atom stereocenters. The fourth-order valence-electron chi connectivity index (χ4n) is 2.83. The van der Waals surface area contributed by atoms with Crippen molar-refractivity contribution in [2.75, 3.05) is 13.2 Å². The molecule has 1 aromatic carbocycles. The van der Waals surface area contributed by atoms with Gasteiger partial charge in [0.05, 0.1) is 18.2 Å². The van der Waals surface area contributed by atoms with Crippen molar-refractivity contribution in [2.24, 2.45) is 0 Å². The number of hydrogen-bond acceptors (Lipinski definition) is 3. The van der Waals surface area contributed by atoms with Gasteiger partial charge in [-0.15, -0.1) is 0 Å². The normalized spacial score (nSPS) is 19.7. The van der Waals surface area contributed by atoms with Crippen LogP contribution >= 0.6 is 0 Å². The van der Waals surface area contributed by atoms with Crippen LogP contribution in [0, 0.1) is 0 Å². The maximum absolute atomic E-state index is 12.1. The molecule has 1 aliphatic rings. The van der Waals surface area contributed by atoms with Crippen molar-refractivity contribution >= 4 is 22.7 Å². The molecular formula is C17H21N3O3. The molecule has 1 unspecified atom stereocenters. The summed E-state index contributed by atoms with van der Waals surface area (Å²) in [6.07, 6.45) is 0.786. The third kappa shape index (κ3) is 3.37. The van der Waals surface area contributed by atoms with Crippen LogP contribution in [0.25, 0.3) is 10.9 Å². The van der Waals surface area contributed by atoms with Crippen LogP contribution in [0.2, 0.25) is 0 Å². The van der Waals surface area contributed by atoms with Crippen LogP contribution < -0.4 is 10.6 Å². The summed E-state index contributed by atoms with van der Waals surface area (Å²) in [7, 11) is 0. The Hall–Kier alpha value is -2.34. The molecule has 1 aromatic heterocycles. The second-order valence-electron chi connectivity index (χ2n) is 6.31. The van der Waals surface area contributed by atoms with E-state index >= 15 is 0 Å². The van der Waals surface area contributed by atoms with Crippen LogP contribution in [0.3, 0.4) is 0 Å². The van der Waals surface area contributed by atoms with Gasteiger partial charge in [0.2, 0.25) is 5.91 Å². The van der Waals surface area contributed by atoms with Gasteiger partial charge in [-0.25, -0.2) is 0 Å². The molecule has 6 heteroatoms. The maximum atomic E-state index is 12.1. The van der Waals surface area contributed by atoms with Gasteiger partial charge in [-0.1, -0.05) is 18.2 Å². The van der Waals surface area contributed by atoms with E-state index in [2.05, 4.69) is 15.6 Å². The Morgan fingerprint density at radius 1 is 1.35 bits per heavy atom. The van der Waals surface area contributed by atoms with E-state index < -0.39 is 0 Å². The molecular weight excluding hydrogens is 294 g/mol. The van der Waals surface area contributed by atoms with Crippen molar-refractivity contribution in [3.8, 4) is 0 Å². The van der Waals surface area contributed by atoms with Crippen LogP contribution in [0.5, 0.6) is 0 Å². The van der Waals surface area contributed by atoms with Gasteiger partial charge in [0.25, 0.3) is 5.91 Å². The molecule has 6 nitrogen and oxygen atoms in total. The van der Waals surface area contributed by atoms with E-state index in [4.69, 9.17) is 4.74 Å². The Morgan fingerprint density at radius 3 is 2.83 bits per heavy atom. The first kappa shape index (κ1) is 15.6. The summed E-state index contributed by atoms with van der Waals surface area (Å²) in [5.41, 5.74) is 0.979. The van der Waals surface area contributed by atoms with Crippen molar-refractivity contribution in [3.63, 3.8) is 0 Å². The Balaban J connectivity index is 1.55. The molecule has 0 aliphatic carbocycles. The smallest absolute Gasteiger partial charge is 0.268 e. The van der Waals surface area contributed by atoms with Gasteiger partial charge in [0, 0.05) is 17.5 Å². The lowest BCUT2D eigenvalue weighted by Crippen LogP contribution is -2.49. The average Bonchev–Trinajstić information content (AvgIpc) is 3.08. The highest BCUT2D eigenvalue weighted by Crippen LogP contribution is 2.24. The average molecular weight is 315 g/mol. The summed E-state index contributed by atoms with van der Waals surface area (Å²) in [5, 5.41) is 6.52. The zero-order valence-electron chi connectivity index (χ0n) is 13.3. The van der Waals surface area contributed by atoms with Gasteiger partial charge in [0.1, 0.15) is 5.69 Å². The van der Waals surface area contributed by atoms with E-state index in [-0.39, 0.29) is 30.0 Å². The van der Waals surface area contributed by atoms with Gasteiger partial charge in [-0.2, -0.15) is 0 Å². The lowest BCUT2D eigenvalue weighted by molar-refractivity contribution is -0.122. The highest BCUT2D eigenvalue weighted by Gasteiger charge is 2.36. The number of amides is 2. The number of para-hydroxylation sites is 1. The number of ether oxygens (including phenoxy) is 1. The van der Waals surface area contributed by atoms with Crippen LogP contribution in [0.1, 0.15) is 30.8 Å². The maximum Gasteiger partial charge on any atom is 0.268 e. The quantitative estimate of drug-likeness (QED) is 0.801. The number of carbonyl (C=O) groups excluding carboxylic acids is 2. The molecule has 1 fully saturated rings. The van der Waals surface area contributed by atoms with E-state index in [9.17, 15) is 9.59 Å². The third-order valence-electron chi connectivity index (χ3n) is 4.24. The summed E-state index contributed by atoms with van der Waals surface area (Å²) in [6, 6.07) is 9.39. The number of aromatic amines is 1. The number of fused-ring (bicyclic) bond motifs is 1. The van der Waals surface area contributed by atoms with Crippen LogP contribution in [-0.2, 0) is 9.53 Å². The lowest BCUT2D eigenvalue weighted by Gasteiger charge is -2.26. The summed E-state index contributed by atoms with van der Waals surface area (Å²) >= 11 is 0. The molecule has 1 saturated heterocycles. The first-order valence-corrected chi connectivity index (χ1v) is 7.75. The van der Waals surface area contributed by atoms with Gasteiger partial charge in [-0.05, 0) is 32.4 Å². The van der Waals surface area contributed by atoms with E-state index in [0.717, 1.165) is 17.3 Å². The molecule has 0 saturated carbocycles. The summed E-state index contributed by atoms with van der Waals surface area (Å²) < 4.78 is 5.58. The highest BCUT2D eigenvalue weighted by atomic mass is 16.5. The number of rotatable bonds is 4. The minimum absolute atomic E-state index is 0.0278. The van der Waals surface area contributed by atoms with Crippen molar-refractivity contribution in [1.29, 1.82) is 0 Å². The molecule has 1 aliphatic heterocycles. The van der Waals surface area contributed by atoms with Crippen molar-refractivity contribution < 1.29 is 14.3 Å². The third-order valence-corrected chi connectivity index (χ3v) is 4.24. The van der Waals surface area contributed by atoms with Crippen LogP contribution in [0.15, 0.2) is 30.3 Å². The summed E-state index contributed by atoms with van der Waals surface area (Å²) in [4.78, 5) is 27.2. The molecule has 2 aromatic rings. The Labute approximate surface area is 134 Å². The van der Waals surface area contributed by atoms with Crippen LogP contribution in [0.4, 0.5) is 0 Å². The topological polar surface area (TPSA) is 83.2 Å². The van der Waals surface area contributed by atoms with E-state index in [0.29, 0.717) is 12.3 Å². The minimum atomic E-state index is -0.364. The molecule has 2 heterocycles. The van der Waals surface area contributed by atoms with Gasteiger partial charge < -0.3 is 20.4 Å². The number of benzene rings is 1. The second kappa shape index (κ2) is 6.04. The molecule has 2 amide bonds. The monoisotopic (exact) mass is 315 g/mol. The SMILES string of the molecule is CC1(C)OCCC1NC(=O)CNC(=O)c1cc2ccccc2[nH]1. The molecule has 0 spiro atoms. The summed E-state index contributed by atoms with van der Waals surface area (Å²) in [5.74, 6) is -0.503. The molecule has 0 radical (unpaired) electrons. The lowest BCUT2D eigenvalue weighted by atomic mass is 9.99. The number of aromatic nitrogens is 1. The van der Waals surface area contributed by atoms with E-state index in [1.54, 1.807) is 6.07 Å². The number of hydrogen-bond donors (Lipinski definition) is 3. The number of nitrogens with one attached hydrogen (secondary N) is 3. The Bertz CT molecular complexity index is 703. The van der Waals surface area contributed by atoms with Gasteiger partial charge in [-0.3, -0.25) is 9.59 Å². The highest BCUT2D eigenvalue weighted by molar-refractivity contribution is 5.99. The zero-order valence-corrected chi connectivity index (χ0v) is 13.3. The number of carbonyl (C=O) groups is 2. The minimum Gasteiger partial charge on any atom is -0.373 e. The first-order valence-electron chi connectivity index (χ1n) is 7.75. The fourth-order valence-corrected chi connectivity index (χ4v) is 2.83. The molecule has 3 rings (SSSR count). The predicted octanol–water partition coefficient (Wildman–Crippen LogP) is 1.58.